The van der Waals surface area contributed by atoms with Gasteiger partial charge in [-0.05, 0) is 57.4 Å². The van der Waals surface area contributed by atoms with Gasteiger partial charge in [-0.3, -0.25) is 4.79 Å². The molecule has 0 atom stereocenters. The third-order valence-corrected chi connectivity index (χ3v) is 5.44. The number of para-hydroxylation sites is 1. The molecule has 1 heterocycles. The van der Waals surface area contributed by atoms with Crippen molar-refractivity contribution in [3.05, 3.63) is 53.3 Å². The van der Waals surface area contributed by atoms with E-state index in [-0.39, 0.29) is 24.5 Å². The maximum absolute atomic E-state index is 13.2. The minimum atomic E-state index is -0.245. The molecule has 0 radical (unpaired) electrons. The zero-order chi connectivity index (χ0) is 22.3. The lowest BCUT2D eigenvalue weighted by Gasteiger charge is -2.30. The Morgan fingerprint density at radius 1 is 1.10 bits per heavy atom. The standard InChI is InChI=1S/C24H36N4O2/c1-7-8-15-27(16-21-13-10-14-26(21)6)22(29)17-28(18(2)3)24(30)25-23-19(4)11-9-12-20(23)5/h9-14,18H,7-8,15-17H2,1-6H3,(H,25,30). The van der Waals surface area contributed by atoms with Crippen LogP contribution in [0.3, 0.4) is 0 Å². The van der Waals surface area contributed by atoms with Crippen molar-refractivity contribution in [2.24, 2.45) is 7.05 Å². The highest BCUT2D eigenvalue weighted by atomic mass is 16.2. The molecule has 0 aliphatic rings. The summed E-state index contributed by atoms with van der Waals surface area (Å²) >= 11 is 0. The van der Waals surface area contributed by atoms with Crippen molar-refractivity contribution in [3.63, 3.8) is 0 Å². The molecule has 164 valence electrons. The predicted molar refractivity (Wildman–Crippen MR) is 123 cm³/mol. The van der Waals surface area contributed by atoms with Gasteiger partial charge in [0, 0.05) is 37.2 Å². The van der Waals surface area contributed by atoms with Gasteiger partial charge in [0.25, 0.3) is 0 Å². The molecule has 0 spiro atoms. The van der Waals surface area contributed by atoms with E-state index >= 15 is 0 Å². The second-order valence-electron chi connectivity index (χ2n) is 8.20. The molecule has 0 bridgehead atoms. The number of unbranched alkanes of at least 4 members (excludes halogenated alkanes) is 1. The van der Waals surface area contributed by atoms with Gasteiger partial charge in [0.15, 0.2) is 0 Å². The Morgan fingerprint density at radius 2 is 1.77 bits per heavy atom. The van der Waals surface area contributed by atoms with E-state index in [1.165, 1.54) is 0 Å². The maximum Gasteiger partial charge on any atom is 0.322 e. The van der Waals surface area contributed by atoms with Gasteiger partial charge in [0.2, 0.25) is 5.91 Å². The minimum absolute atomic E-state index is 0.0324. The first kappa shape index (κ1) is 23.5. The van der Waals surface area contributed by atoms with Crippen molar-refractivity contribution < 1.29 is 9.59 Å². The SMILES string of the molecule is CCCCN(Cc1cccn1C)C(=O)CN(C(=O)Nc1c(C)cccc1C)C(C)C. The number of carbonyl (C=O) groups is 2. The van der Waals surface area contributed by atoms with Gasteiger partial charge >= 0.3 is 6.03 Å². The Morgan fingerprint density at radius 3 is 2.30 bits per heavy atom. The lowest BCUT2D eigenvalue weighted by atomic mass is 10.1. The van der Waals surface area contributed by atoms with Crippen LogP contribution in [-0.4, -0.2) is 45.4 Å². The molecule has 0 fully saturated rings. The van der Waals surface area contributed by atoms with Crippen molar-refractivity contribution in [1.82, 2.24) is 14.4 Å². The van der Waals surface area contributed by atoms with Crippen LogP contribution in [0.25, 0.3) is 0 Å². The number of hydrogen-bond acceptors (Lipinski definition) is 2. The number of aromatic nitrogens is 1. The normalized spacial score (nSPS) is 10.9. The van der Waals surface area contributed by atoms with E-state index in [4.69, 9.17) is 0 Å². The second kappa shape index (κ2) is 10.9. The molecule has 3 amide bonds. The fourth-order valence-corrected chi connectivity index (χ4v) is 3.42. The van der Waals surface area contributed by atoms with E-state index in [9.17, 15) is 9.59 Å². The third kappa shape index (κ3) is 6.12. The maximum atomic E-state index is 13.2. The van der Waals surface area contributed by atoms with Crippen LogP contribution >= 0.6 is 0 Å². The number of hydrogen-bond donors (Lipinski definition) is 1. The van der Waals surface area contributed by atoms with Crippen LogP contribution in [0.2, 0.25) is 0 Å². The Balaban J connectivity index is 2.14. The topological polar surface area (TPSA) is 57.6 Å². The lowest BCUT2D eigenvalue weighted by molar-refractivity contribution is -0.132. The summed E-state index contributed by atoms with van der Waals surface area (Å²) in [7, 11) is 1.98. The zero-order valence-electron chi connectivity index (χ0n) is 19.2. The van der Waals surface area contributed by atoms with Gasteiger partial charge in [-0.2, -0.15) is 0 Å². The highest BCUT2D eigenvalue weighted by Gasteiger charge is 2.24. The van der Waals surface area contributed by atoms with Gasteiger partial charge in [0.05, 0.1) is 6.54 Å². The molecule has 1 aromatic carbocycles. The third-order valence-electron chi connectivity index (χ3n) is 5.44. The smallest absolute Gasteiger partial charge is 0.322 e. The van der Waals surface area contributed by atoms with Crippen LogP contribution in [0.1, 0.15) is 50.4 Å². The molecule has 0 aliphatic carbocycles. The Bertz CT molecular complexity index is 836. The molecular formula is C24H36N4O2. The van der Waals surface area contributed by atoms with Crippen LogP contribution in [0.15, 0.2) is 36.5 Å². The van der Waals surface area contributed by atoms with Gasteiger partial charge in [-0.25, -0.2) is 4.79 Å². The first-order valence-electron chi connectivity index (χ1n) is 10.8. The number of nitrogens with one attached hydrogen (secondary N) is 1. The molecule has 0 unspecified atom stereocenters. The number of urea groups is 1. The van der Waals surface area contributed by atoms with Crippen LogP contribution in [0, 0.1) is 13.8 Å². The van der Waals surface area contributed by atoms with E-state index in [2.05, 4.69) is 12.2 Å². The molecule has 1 N–H and O–H groups in total. The number of carbonyl (C=O) groups excluding carboxylic acids is 2. The average Bonchev–Trinajstić information content (AvgIpc) is 3.10. The largest absolute Gasteiger partial charge is 0.353 e. The molecule has 1 aromatic heterocycles. The number of benzene rings is 1. The van der Waals surface area contributed by atoms with Crippen LogP contribution < -0.4 is 5.32 Å². The van der Waals surface area contributed by atoms with Crippen LogP contribution in [-0.2, 0) is 18.4 Å². The molecule has 0 saturated carbocycles. The van der Waals surface area contributed by atoms with E-state index in [1.807, 2.05) is 80.7 Å². The number of nitrogens with zero attached hydrogens (tertiary/aromatic N) is 3. The van der Waals surface area contributed by atoms with E-state index < -0.39 is 0 Å². The van der Waals surface area contributed by atoms with E-state index in [1.54, 1.807) is 4.90 Å². The zero-order valence-corrected chi connectivity index (χ0v) is 19.2. The summed E-state index contributed by atoms with van der Waals surface area (Å²) in [5.74, 6) is -0.0324. The Kier molecular flexibility index (Phi) is 8.51. The van der Waals surface area contributed by atoms with Crippen molar-refractivity contribution in [2.75, 3.05) is 18.4 Å². The summed E-state index contributed by atoms with van der Waals surface area (Å²) in [6, 6.07) is 9.58. The fourth-order valence-electron chi connectivity index (χ4n) is 3.42. The number of rotatable bonds is 9. The molecule has 0 aliphatic heterocycles. The highest BCUT2D eigenvalue weighted by molar-refractivity contribution is 5.93. The Hall–Kier alpha value is -2.76. The van der Waals surface area contributed by atoms with Crippen molar-refractivity contribution >= 4 is 17.6 Å². The average molecular weight is 413 g/mol. The molecule has 2 aromatic rings. The summed E-state index contributed by atoms with van der Waals surface area (Å²) < 4.78 is 2.03. The molecule has 30 heavy (non-hydrogen) atoms. The predicted octanol–water partition coefficient (Wildman–Crippen LogP) is 4.71. The minimum Gasteiger partial charge on any atom is -0.353 e. The van der Waals surface area contributed by atoms with Crippen LogP contribution in [0.5, 0.6) is 0 Å². The molecule has 6 heteroatoms. The lowest BCUT2D eigenvalue weighted by Crippen LogP contribution is -2.47. The molecule has 0 saturated heterocycles. The summed E-state index contributed by atoms with van der Waals surface area (Å²) in [5, 5.41) is 3.01. The van der Waals surface area contributed by atoms with Crippen LogP contribution in [0.4, 0.5) is 10.5 Å². The first-order chi connectivity index (χ1) is 14.2. The summed E-state index contributed by atoms with van der Waals surface area (Å²) in [4.78, 5) is 29.7. The van der Waals surface area contributed by atoms with Gasteiger partial charge in [-0.1, -0.05) is 31.5 Å². The number of amides is 3. The van der Waals surface area contributed by atoms with Gasteiger partial charge in [0.1, 0.15) is 6.54 Å². The Labute approximate surface area is 180 Å². The molecule has 6 nitrogen and oxygen atoms in total. The van der Waals surface area contributed by atoms with Crippen molar-refractivity contribution in [1.29, 1.82) is 0 Å². The van der Waals surface area contributed by atoms with Gasteiger partial charge < -0.3 is 19.7 Å². The number of aryl methyl sites for hydroxylation is 3. The number of anilines is 1. The quantitative estimate of drug-likeness (QED) is 0.648. The highest BCUT2D eigenvalue weighted by Crippen LogP contribution is 2.20. The molecular weight excluding hydrogens is 376 g/mol. The fraction of sp³-hybridized carbons (Fsp3) is 0.500. The second-order valence-corrected chi connectivity index (χ2v) is 8.20. The summed E-state index contributed by atoms with van der Waals surface area (Å²) in [5.41, 5.74) is 3.90. The molecule has 2 rings (SSSR count). The van der Waals surface area contributed by atoms with Crippen molar-refractivity contribution in [2.45, 2.75) is 60.0 Å². The summed E-state index contributed by atoms with van der Waals surface area (Å²) in [6.45, 7) is 11.2. The van der Waals surface area contributed by atoms with Gasteiger partial charge in [-0.15, -0.1) is 0 Å². The monoisotopic (exact) mass is 412 g/mol. The van der Waals surface area contributed by atoms with Crippen molar-refractivity contribution in [3.8, 4) is 0 Å². The first-order valence-corrected chi connectivity index (χ1v) is 10.8. The van der Waals surface area contributed by atoms with E-state index in [0.717, 1.165) is 35.3 Å². The summed E-state index contributed by atoms with van der Waals surface area (Å²) in [6.07, 6.45) is 3.93. The van der Waals surface area contributed by atoms with E-state index in [0.29, 0.717) is 13.1 Å².